The van der Waals surface area contributed by atoms with Crippen LogP contribution in [0, 0.1) is 0 Å². The van der Waals surface area contributed by atoms with E-state index in [1.54, 1.807) is 0 Å². The van der Waals surface area contributed by atoms with E-state index >= 15 is 0 Å². The molecule has 0 aromatic heterocycles. The van der Waals surface area contributed by atoms with Gasteiger partial charge in [0.05, 0.1) is 0 Å². The van der Waals surface area contributed by atoms with E-state index in [1.165, 1.54) is 0 Å². The fourth-order valence-corrected chi connectivity index (χ4v) is 0. The summed E-state index contributed by atoms with van der Waals surface area (Å²) in [5.74, 6) is 0. The molecule has 0 bridgehead atoms. The van der Waals surface area contributed by atoms with Crippen molar-refractivity contribution in [2.45, 2.75) is 0 Å². The molecule has 0 spiro atoms. The van der Waals surface area contributed by atoms with Gasteiger partial charge in [0.2, 0.25) is 0 Å². The molecule has 0 aromatic rings. The van der Waals surface area contributed by atoms with Crippen molar-refractivity contribution in [2.24, 2.45) is 0 Å². The van der Waals surface area contributed by atoms with Crippen molar-refractivity contribution in [3.63, 3.8) is 0 Å². The first kappa shape index (κ1) is 32.8. The molecular weight excluding hydrogens is 371 g/mol. The van der Waals surface area contributed by atoms with Gasteiger partial charge in [-0.25, -0.2) is 0 Å². The van der Waals surface area contributed by atoms with E-state index in [9.17, 15) is 0 Å². The van der Waals surface area contributed by atoms with Gasteiger partial charge in [-0.3, -0.25) is 0 Å². The molecule has 4 heteroatoms. The summed E-state index contributed by atoms with van der Waals surface area (Å²) < 4.78 is 0. The van der Waals surface area contributed by atoms with E-state index in [1.807, 2.05) is 0 Å². The Morgan fingerprint density at radius 2 is 0.500 bits per heavy atom. The topological polar surface area (TPSA) is 0 Å². The third-order valence-electron chi connectivity index (χ3n) is 0. The van der Waals surface area contributed by atoms with Gasteiger partial charge < -0.3 is 0 Å². The molecule has 0 fully saturated rings. The van der Waals surface area contributed by atoms with Crippen LogP contribution in [0.15, 0.2) is 0 Å². The average molecular weight is 375 g/mol. The average Bonchev–Trinajstić information content (AvgIpc) is 0. The van der Waals surface area contributed by atoms with Gasteiger partial charge in [-0.1, -0.05) is 0 Å². The third kappa shape index (κ3) is 8.84. The molecule has 0 saturated heterocycles. The minimum atomic E-state index is 0. The van der Waals surface area contributed by atoms with Crippen LogP contribution in [0.4, 0.5) is 0 Å². The van der Waals surface area contributed by atoms with Gasteiger partial charge in [0.1, 0.15) is 0 Å². The molecule has 0 atom stereocenters. The van der Waals surface area contributed by atoms with Crippen molar-refractivity contribution in [3.8, 4) is 0 Å². The van der Waals surface area contributed by atoms with Crippen molar-refractivity contribution >= 4 is 34.1 Å². The van der Waals surface area contributed by atoms with Gasteiger partial charge in [0.25, 0.3) is 0 Å². The zero-order valence-electron chi connectivity index (χ0n) is 1.63. The number of hydrogen-bond donors (Lipinski definition) is 0. The van der Waals surface area contributed by atoms with Crippen molar-refractivity contribution in [2.75, 3.05) is 0 Å². The Hall–Kier alpha value is 2.36. The van der Waals surface area contributed by atoms with E-state index in [0.717, 1.165) is 0 Å². The van der Waals surface area contributed by atoms with Crippen LogP contribution in [0.3, 0.4) is 0 Å². The second-order valence-electron chi connectivity index (χ2n) is 0. The predicted octanol–water partition coefficient (Wildman–Crippen LogP) is -1.84. The second-order valence-corrected chi connectivity index (χ2v) is 0. The van der Waals surface area contributed by atoms with Gasteiger partial charge in [0, 0.05) is 40.8 Å². The van der Waals surface area contributed by atoms with Crippen LogP contribution >= 0.6 is 0 Å². The normalized spacial score (nSPS) is 0. The molecule has 0 aromatic carbocycles. The van der Waals surface area contributed by atoms with Crippen LogP contribution in [-0.2, 0) is 40.8 Å². The van der Waals surface area contributed by atoms with Gasteiger partial charge in [-0.2, -0.15) is 0 Å². The predicted molar refractivity (Wildman–Crippen MR) is 17.1 cm³/mol. The van der Waals surface area contributed by atoms with Crippen LogP contribution in [0.25, 0.3) is 0 Å². The summed E-state index contributed by atoms with van der Waals surface area (Å²) in [6, 6.07) is 0. The molecule has 0 saturated carbocycles. The summed E-state index contributed by atoms with van der Waals surface area (Å²) in [6.07, 6.45) is 0. The first-order valence-corrected chi connectivity index (χ1v) is 0. The summed E-state index contributed by atoms with van der Waals surface area (Å²) in [7, 11) is 0. The van der Waals surface area contributed by atoms with Crippen molar-refractivity contribution in [3.05, 3.63) is 0 Å². The van der Waals surface area contributed by atoms with Gasteiger partial charge in [-0.05, 0) is 0 Å². The number of hydrogen-bond acceptors (Lipinski definition) is 0. The Balaban J connectivity index is 0. The zero-order valence-corrected chi connectivity index (χ0v) is 8.94. The first-order chi connectivity index (χ1) is 0. The molecule has 0 aliphatic rings. The summed E-state index contributed by atoms with van der Waals surface area (Å²) in [6.45, 7) is 0. The quantitative estimate of drug-likeness (QED) is 0.437. The molecule has 0 heterocycles. The monoisotopic (exact) mass is 376 g/mol. The Labute approximate surface area is 74.1 Å². The molecule has 4 heavy (non-hydrogen) atoms. The van der Waals surface area contributed by atoms with Crippen molar-refractivity contribution in [1.82, 2.24) is 0 Å². The van der Waals surface area contributed by atoms with E-state index in [-0.39, 0.29) is 75.0 Å². The Morgan fingerprint density at radius 3 is 0.500 bits per heavy atom. The maximum absolute atomic E-state index is 0. The zero-order chi connectivity index (χ0) is 0. The summed E-state index contributed by atoms with van der Waals surface area (Å²) in [5, 5.41) is 0. The van der Waals surface area contributed by atoms with Crippen LogP contribution in [0.5, 0.6) is 0 Å². The van der Waals surface area contributed by atoms with Gasteiger partial charge >= 0.3 is 34.1 Å². The van der Waals surface area contributed by atoms with E-state index in [0.29, 0.717) is 0 Å². The SMILES string of the molecule is [Pd].[Pd].[SeH2].[SeH2]. The molecule has 36 valence electrons. The molecule has 0 amide bonds. The van der Waals surface area contributed by atoms with Gasteiger partial charge in [0.15, 0.2) is 0 Å². The fourth-order valence-electron chi connectivity index (χ4n) is 0. The fraction of sp³-hybridized carbons (Fsp3) is 0. The molecule has 0 rings (SSSR count). The summed E-state index contributed by atoms with van der Waals surface area (Å²) in [4.78, 5) is 0. The maximum atomic E-state index is 0. The Morgan fingerprint density at radius 1 is 0.500 bits per heavy atom. The molecule has 0 unspecified atom stereocenters. The summed E-state index contributed by atoms with van der Waals surface area (Å²) >= 11 is 0. The van der Waals surface area contributed by atoms with Crippen LogP contribution in [-0.4, -0.2) is 34.1 Å². The van der Waals surface area contributed by atoms with Gasteiger partial charge in [-0.15, -0.1) is 0 Å². The van der Waals surface area contributed by atoms with Crippen molar-refractivity contribution in [1.29, 1.82) is 0 Å². The molecule has 0 aliphatic carbocycles. The first-order valence-electron chi connectivity index (χ1n) is 0. The molecule has 0 nitrogen and oxygen atoms in total. The van der Waals surface area contributed by atoms with Crippen LogP contribution in [0.2, 0.25) is 0 Å². The Bertz CT molecular complexity index is 4.00. The van der Waals surface area contributed by atoms with Crippen LogP contribution < -0.4 is 0 Å². The van der Waals surface area contributed by atoms with E-state index in [2.05, 4.69) is 0 Å². The van der Waals surface area contributed by atoms with E-state index in [4.69, 9.17) is 0 Å². The molecule has 0 radical (unpaired) electrons. The van der Waals surface area contributed by atoms with Crippen LogP contribution in [0.1, 0.15) is 0 Å². The number of rotatable bonds is 0. The third-order valence-corrected chi connectivity index (χ3v) is 0. The van der Waals surface area contributed by atoms with Crippen molar-refractivity contribution < 1.29 is 40.8 Å². The second kappa shape index (κ2) is 18.3. The summed E-state index contributed by atoms with van der Waals surface area (Å²) in [5.41, 5.74) is 0. The minimum absolute atomic E-state index is 0. The molecule has 0 N–H and O–H groups in total. The van der Waals surface area contributed by atoms with E-state index < -0.39 is 0 Å². The Kier molecular flexibility index (Phi) is 150. The molecule has 0 aliphatic heterocycles. The standard InChI is InChI=1S/2Pd.2H2Se/h;;2*1H2. The molecular formula is H4Pd2Se2.